The lowest BCUT2D eigenvalue weighted by atomic mass is 9.78. The highest BCUT2D eigenvalue weighted by Crippen LogP contribution is 2.35. The Hall–Kier alpha value is -1.44. The van der Waals surface area contributed by atoms with Gasteiger partial charge in [-0.1, -0.05) is 5.21 Å². The van der Waals surface area contributed by atoms with Crippen LogP contribution < -0.4 is 11.1 Å². The molecule has 128 valence electrons. The fourth-order valence-electron chi connectivity index (χ4n) is 2.60. The molecule has 1 aliphatic carbocycles. The standard InChI is InChI=1S/C14H21N7.2ClH/c1-10-18-13(11-7-12(15)8-11)9-14(19-10)16-3-2-5-21-6-4-17-20-21;;/h4,6,9,11-12H,2-3,5,7-8,15H2,1H3,(H,16,18,19);2*1H. The summed E-state index contributed by atoms with van der Waals surface area (Å²) in [4.78, 5) is 8.97. The number of aromatic nitrogens is 5. The molecule has 9 heteroatoms. The van der Waals surface area contributed by atoms with E-state index in [0.29, 0.717) is 12.0 Å². The molecular weight excluding hydrogens is 337 g/mol. The SMILES string of the molecule is Cc1nc(NCCCn2ccnn2)cc(C2CC(N)C2)n1.Cl.Cl. The molecule has 0 saturated heterocycles. The van der Waals surface area contributed by atoms with Crippen molar-refractivity contribution in [1.29, 1.82) is 0 Å². The number of nitrogens with two attached hydrogens (primary N) is 1. The number of halogens is 2. The second-order valence-electron chi connectivity index (χ2n) is 5.60. The average Bonchev–Trinajstić information content (AvgIpc) is 2.93. The van der Waals surface area contributed by atoms with Gasteiger partial charge in [-0.25, -0.2) is 9.97 Å². The summed E-state index contributed by atoms with van der Waals surface area (Å²) in [5.74, 6) is 2.21. The van der Waals surface area contributed by atoms with Gasteiger partial charge >= 0.3 is 0 Å². The molecule has 1 saturated carbocycles. The van der Waals surface area contributed by atoms with Gasteiger partial charge in [0.05, 0.1) is 6.20 Å². The van der Waals surface area contributed by atoms with Crippen LogP contribution >= 0.6 is 24.8 Å². The van der Waals surface area contributed by atoms with E-state index in [4.69, 9.17) is 5.73 Å². The summed E-state index contributed by atoms with van der Waals surface area (Å²) in [6, 6.07) is 2.39. The molecule has 1 fully saturated rings. The minimum Gasteiger partial charge on any atom is -0.370 e. The van der Waals surface area contributed by atoms with Crippen molar-refractivity contribution >= 4 is 30.6 Å². The Kier molecular flexibility index (Phi) is 7.67. The van der Waals surface area contributed by atoms with Crippen LogP contribution in [-0.2, 0) is 6.54 Å². The summed E-state index contributed by atoms with van der Waals surface area (Å²) in [5, 5.41) is 11.1. The van der Waals surface area contributed by atoms with Gasteiger partial charge in [0.15, 0.2) is 0 Å². The number of nitrogens with zero attached hydrogens (tertiary/aromatic N) is 5. The van der Waals surface area contributed by atoms with Gasteiger partial charge in [0.25, 0.3) is 0 Å². The molecule has 1 aliphatic rings. The molecule has 0 radical (unpaired) electrons. The lowest BCUT2D eigenvalue weighted by Gasteiger charge is -2.32. The van der Waals surface area contributed by atoms with Crippen LogP contribution in [-0.4, -0.2) is 37.5 Å². The Balaban J connectivity index is 0.00000132. The highest BCUT2D eigenvalue weighted by molar-refractivity contribution is 5.85. The maximum atomic E-state index is 5.85. The van der Waals surface area contributed by atoms with Crippen molar-refractivity contribution in [3.63, 3.8) is 0 Å². The zero-order chi connectivity index (χ0) is 14.7. The highest BCUT2D eigenvalue weighted by atomic mass is 35.5. The smallest absolute Gasteiger partial charge is 0.129 e. The summed E-state index contributed by atoms with van der Waals surface area (Å²) in [6.07, 6.45) is 6.59. The molecule has 0 aromatic carbocycles. The van der Waals surface area contributed by atoms with Gasteiger partial charge in [-0.3, -0.25) is 4.68 Å². The van der Waals surface area contributed by atoms with E-state index in [1.54, 1.807) is 6.20 Å². The fraction of sp³-hybridized carbons (Fsp3) is 0.571. The largest absolute Gasteiger partial charge is 0.370 e. The van der Waals surface area contributed by atoms with Crippen molar-refractivity contribution in [3.8, 4) is 0 Å². The topological polar surface area (TPSA) is 94.5 Å². The zero-order valence-corrected chi connectivity index (χ0v) is 14.7. The van der Waals surface area contributed by atoms with E-state index in [2.05, 4.69) is 31.7 Å². The number of nitrogens with one attached hydrogen (secondary N) is 1. The number of aryl methyl sites for hydroxylation is 2. The van der Waals surface area contributed by atoms with Crippen LogP contribution in [0.1, 0.15) is 36.7 Å². The molecule has 0 atom stereocenters. The van der Waals surface area contributed by atoms with Crippen molar-refractivity contribution in [1.82, 2.24) is 25.0 Å². The molecule has 7 nitrogen and oxygen atoms in total. The second-order valence-corrected chi connectivity index (χ2v) is 5.60. The first kappa shape index (κ1) is 19.6. The van der Waals surface area contributed by atoms with Gasteiger partial charge in [0.2, 0.25) is 0 Å². The van der Waals surface area contributed by atoms with Gasteiger partial charge in [-0.2, -0.15) is 0 Å². The first-order valence-electron chi connectivity index (χ1n) is 7.40. The Labute approximate surface area is 148 Å². The number of anilines is 1. The lowest BCUT2D eigenvalue weighted by molar-refractivity contribution is 0.344. The van der Waals surface area contributed by atoms with E-state index >= 15 is 0 Å². The summed E-state index contributed by atoms with van der Waals surface area (Å²) < 4.78 is 1.83. The van der Waals surface area contributed by atoms with Crippen LogP contribution in [0.3, 0.4) is 0 Å². The predicted octanol–water partition coefficient (Wildman–Crippen LogP) is 1.93. The third-order valence-corrected chi connectivity index (χ3v) is 3.79. The molecule has 3 N–H and O–H groups in total. The molecular formula is C14H23Cl2N7. The van der Waals surface area contributed by atoms with Crippen LogP contribution in [0.2, 0.25) is 0 Å². The first-order chi connectivity index (χ1) is 10.2. The van der Waals surface area contributed by atoms with E-state index in [1.165, 1.54) is 0 Å². The summed E-state index contributed by atoms with van der Waals surface area (Å²) in [6.45, 7) is 3.63. The van der Waals surface area contributed by atoms with Crippen molar-refractivity contribution < 1.29 is 0 Å². The third kappa shape index (κ3) is 5.30. The van der Waals surface area contributed by atoms with Gasteiger partial charge in [-0.05, 0) is 26.2 Å². The van der Waals surface area contributed by atoms with Crippen LogP contribution in [0, 0.1) is 6.92 Å². The number of rotatable bonds is 6. The van der Waals surface area contributed by atoms with E-state index in [0.717, 1.165) is 49.7 Å². The molecule has 2 aromatic heterocycles. The van der Waals surface area contributed by atoms with Gasteiger partial charge in [0, 0.05) is 43.0 Å². The maximum absolute atomic E-state index is 5.85. The predicted molar refractivity (Wildman–Crippen MR) is 94.3 cm³/mol. The third-order valence-electron chi connectivity index (χ3n) is 3.79. The highest BCUT2D eigenvalue weighted by Gasteiger charge is 2.28. The molecule has 0 spiro atoms. The number of hydrogen-bond acceptors (Lipinski definition) is 6. The summed E-state index contributed by atoms with van der Waals surface area (Å²) >= 11 is 0. The van der Waals surface area contributed by atoms with Crippen LogP contribution in [0.25, 0.3) is 0 Å². The van der Waals surface area contributed by atoms with E-state index < -0.39 is 0 Å². The molecule has 0 aliphatic heterocycles. The van der Waals surface area contributed by atoms with E-state index in [1.807, 2.05) is 17.8 Å². The summed E-state index contributed by atoms with van der Waals surface area (Å²) in [7, 11) is 0. The van der Waals surface area contributed by atoms with Crippen molar-refractivity contribution in [2.24, 2.45) is 5.73 Å². The minimum atomic E-state index is 0. The normalized spacial score (nSPS) is 19.2. The van der Waals surface area contributed by atoms with Gasteiger partial charge in [-0.15, -0.1) is 29.9 Å². The summed E-state index contributed by atoms with van der Waals surface area (Å²) in [5.41, 5.74) is 6.97. The Morgan fingerprint density at radius 3 is 2.74 bits per heavy atom. The Bertz CT molecular complexity index is 585. The maximum Gasteiger partial charge on any atom is 0.129 e. The first-order valence-corrected chi connectivity index (χ1v) is 7.40. The van der Waals surface area contributed by atoms with Crippen molar-refractivity contribution in [2.75, 3.05) is 11.9 Å². The quantitative estimate of drug-likeness (QED) is 0.765. The molecule has 0 unspecified atom stereocenters. The van der Waals surface area contributed by atoms with Crippen molar-refractivity contribution in [3.05, 3.63) is 30.0 Å². The van der Waals surface area contributed by atoms with Crippen LogP contribution in [0.4, 0.5) is 5.82 Å². The monoisotopic (exact) mass is 359 g/mol. The van der Waals surface area contributed by atoms with E-state index in [9.17, 15) is 0 Å². The molecule has 3 rings (SSSR count). The van der Waals surface area contributed by atoms with E-state index in [-0.39, 0.29) is 24.8 Å². The fourth-order valence-corrected chi connectivity index (χ4v) is 2.60. The second kappa shape index (κ2) is 9.00. The van der Waals surface area contributed by atoms with Gasteiger partial charge in [0.1, 0.15) is 11.6 Å². The molecule has 2 heterocycles. The molecule has 0 amide bonds. The average molecular weight is 360 g/mol. The van der Waals surface area contributed by atoms with Crippen LogP contribution in [0.15, 0.2) is 18.5 Å². The zero-order valence-electron chi connectivity index (χ0n) is 13.1. The van der Waals surface area contributed by atoms with Crippen molar-refractivity contribution in [2.45, 2.75) is 44.7 Å². The van der Waals surface area contributed by atoms with Crippen LogP contribution in [0.5, 0.6) is 0 Å². The Morgan fingerprint density at radius 2 is 2.09 bits per heavy atom. The Morgan fingerprint density at radius 1 is 1.30 bits per heavy atom. The van der Waals surface area contributed by atoms with Gasteiger partial charge < -0.3 is 11.1 Å². The molecule has 2 aromatic rings. The molecule has 0 bridgehead atoms. The molecule has 23 heavy (non-hydrogen) atoms. The lowest BCUT2D eigenvalue weighted by Crippen LogP contribution is -2.35. The number of hydrogen-bond donors (Lipinski definition) is 2. The minimum absolute atomic E-state index is 0.